The van der Waals surface area contributed by atoms with Crippen LogP contribution in [-0.2, 0) is 9.59 Å². The van der Waals surface area contributed by atoms with Crippen molar-refractivity contribution in [3.8, 4) is 0 Å². The van der Waals surface area contributed by atoms with Crippen LogP contribution in [0.1, 0.15) is 10.4 Å². The molecule has 0 unspecified atom stereocenters. The Hall–Kier alpha value is -1.86. The molecule has 2 amide bonds. The average molecular weight is 335 g/mol. The van der Waals surface area contributed by atoms with Crippen LogP contribution in [0.25, 0.3) is 0 Å². The van der Waals surface area contributed by atoms with E-state index in [0.717, 1.165) is 16.1 Å². The highest BCUT2D eigenvalue weighted by molar-refractivity contribution is 8.00. The smallest absolute Gasteiger partial charge is 0.236 e. The number of thioether (sulfide) groups is 1. The van der Waals surface area contributed by atoms with Crippen molar-refractivity contribution in [2.75, 3.05) is 22.1 Å². The molecule has 1 aromatic heterocycles. The van der Waals surface area contributed by atoms with Crippen LogP contribution in [0.2, 0.25) is 0 Å². The van der Waals surface area contributed by atoms with Gasteiger partial charge in [0.05, 0.1) is 11.5 Å². The lowest BCUT2D eigenvalue weighted by Crippen LogP contribution is -2.18. The van der Waals surface area contributed by atoms with E-state index >= 15 is 0 Å². The fourth-order valence-corrected chi connectivity index (χ4v) is 2.94. The minimum Gasteiger partial charge on any atom is -0.325 e. The second-order valence-electron chi connectivity index (χ2n) is 4.73. The number of aryl methyl sites for hydroxylation is 2. The third-order valence-electron chi connectivity index (χ3n) is 2.67. The fraction of sp³-hybridized carbons (Fsp3) is 0.267. The van der Waals surface area contributed by atoms with Crippen molar-refractivity contribution < 1.29 is 9.59 Å². The number of nitrogens with zero attached hydrogens (tertiary/aromatic N) is 1. The molecule has 2 N–H and O–H groups in total. The lowest BCUT2D eigenvalue weighted by atomic mass is 10.2. The van der Waals surface area contributed by atoms with Gasteiger partial charge in [0.2, 0.25) is 11.8 Å². The minimum atomic E-state index is -0.150. The van der Waals surface area contributed by atoms with E-state index in [4.69, 9.17) is 0 Å². The summed E-state index contributed by atoms with van der Waals surface area (Å²) >= 11 is 2.70. The molecule has 1 aromatic carbocycles. The van der Waals surface area contributed by atoms with Gasteiger partial charge in [0.15, 0.2) is 5.13 Å². The number of rotatable bonds is 6. The first-order valence-electron chi connectivity index (χ1n) is 6.69. The Labute approximate surface area is 137 Å². The van der Waals surface area contributed by atoms with Crippen molar-refractivity contribution in [1.29, 1.82) is 0 Å². The van der Waals surface area contributed by atoms with Crippen LogP contribution in [0.4, 0.5) is 10.8 Å². The van der Waals surface area contributed by atoms with Gasteiger partial charge in [0, 0.05) is 16.8 Å². The SMILES string of the molecule is Cc1ccc(NC(=O)CSCC(=O)Nc2ncc(C)s2)cc1. The van der Waals surface area contributed by atoms with E-state index in [2.05, 4.69) is 15.6 Å². The molecule has 0 atom stereocenters. The third kappa shape index (κ3) is 5.50. The van der Waals surface area contributed by atoms with Crippen molar-refractivity contribution >= 4 is 45.7 Å². The maximum atomic E-state index is 11.8. The molecule has 0 spiro atoms. The minimum absolute atomic E-state index is 0.119. The highest BCUT2D eigenvalue weighted by atomic mass is 32.2. The largest absolute Gasteiger partial charge is 0.325 e. The van der Waals surface area contributed by atoms with Gasteiger partial charge in [-0.05, 0) is 26.0 Å². The number of amides is 2. The number of aromatic nitrogens is 1. The monoisotopic (exact) mass is 335 g/mol. The van der Waals surface area contributed by atoms with Crippen LogP contribution in [0, 0.1) is 13.8 Å². The molecule has 7 heteroatoms. The first kappa shape index (κ1) is 16.5. The predicted octanol–water partition coefficient (Wildman–Crippen LogP) is 3.07. The van der Waals surface area contributed by atoms with Crippen molar-refractivity contribution in [3.63, 3.8) is 0 Å². The molecule has 0 bridgehead atoms. The fourth-order valence-electron chi connectivity index (χ4n) is 1.64. The number of nitrogens with one attached hydrogen (secondary N) is 2. The quantitative estimate of drug-likeness (QED) is 0.851. The van der Waals surface area contributed by atoms with Crippen LogP contribution in [-0.4, -0.2) is 28.3 Å². The molecule has 116 valence electrons. The molecular weight excluding hydrogens is 318 g/mol. The Balaban J connectivity index is 1.68. The number of hydrogen-bond acceptors (Lipinski definition) is 5. The molecular formula is C15H17N3O2S2. The Kier molecular flexibility index (Phi) is 5.97. The van der Waals surface area contributed by atoms with Gasteiger partial charge >= 0.3 is 0 Å². The summed E-state index contributed by atoms with van der Waals surface area (Å²) in [5.41, 5.74) is 1.90. The van der Waals surface area contributed by atoms with Crippen LogP contribution < -0.4 is 10.6 Å². The number of carbonyl (C=O) groups is 2. The predicted molar refractivity (Wildman–Crippen MR) is 92.6 cm³/mol. The topological polar surface area (TPSA) is 71.1 Å². The van der Waals surface area contributed by atoms with Gasteiger partial charge in [0.25, 0.3) is 0 Å². The zero-order chi connectivity index (χ0) is 15.9. The summed E-state index contributed by atoms with van der Waals surface area (Å²) in [5.74, 6) is 0.187. The van der Waals surface area contributed by atoms with E-state index in [9.17, 15) is 9.59 Å². The summed E-state index contributed by atoms with van der Waals surface area (Å²) < 4.78 is 0. The number of hydrogen-bond donors (Lipinski definition) is 2. The molecule has 0 radical (unpaired) electrons. The van der Waals surface area contributed by atoms with Crippen LogP contribution in [0.15, 0.2) is 30.5 Å². The third-order valence-corrected chi connectivity index (χ3v) is 4.43. The molecule has 0 aliphatic heterocycles. The van der Waals surface area contributed by atoms with E-state index < -0.39 is 0 Å². The summed E-state index contributed by atoms with van der Waals surface area (Å²) in [6, 6.07) is 7.59. The summed E-state index contributed by atoms with van der Waals surface area (Å²) in [4.78, 5) is 28.6. The second kappa shape index (κ2) is 7.95. The van der Waals surface area contributed by atoms with E-state index in [1.54, 1.807) is 6.20 Å². The summed E-state index contributed by atoms with van der Waals surface area (Å²) in [7, 11) is 0. The summed E-state index contributed by atoms with van der Waals surface area (Å²) in [6.45, 7) is 3.92. The Morgan fingerprint density at radius 1 is 1.09 bits per heavy atom. The molecule has 0 saturated carbocycles. The van der Waals surface area contributed by atoms with E-state index in [1.165, 1.54) is 23.1 Å². The van der Waals surface area contributed by atoms with E-state index in [-0.39, 0.29) is 23.3 Å². The van der Waals surface area contributed by atoms with Gasteiger partial charge in [-0.1, -0.05) is 17.7 Å². The first-order chi connectivity index (χ1) is 10.5. The van der Waals surface area contributed by atoms with Gasteiger partial charge in [-0.15, -0.1) is 23.1 Å². The number of thiazole rings is 1. The molecule has 5 nitrogen and oxygen atoms in total. The Morgan fingerprint density at radius 2 is 1.73 bits per heavy atom. The van der Waals surface area contributed by atoms with Crippen LogP contribution in [0.3, 0.4) is 0 Å². The molecule has 2 aromatic rings. The Morgan fingerprint density at radius 3 is 2.32 bits per heavy atom. The molecule has 1 heterocycles. The lowest BCUT2D eigenvalue weighted by Gasteiger charge is -2.05. The van der Waals surface area contributed by atoms with Crippen molar-refractivity contribution in [2.24, 2.45) is 0 Å². The molecule has 0 aliphatic rings. The van der Waals surface area contributed by atoms with Crippen molar-refractivity contribution in [1.82, 2.24) is 4.98 Å². The van der Waals surface area contributed by atoms with Crippen molar-refractivity contribution in [2.45, 2.75) is 13.8 Å². The molecule has 0 saturated heterocycles. The van der Waals surface area contributed by atoms with Crippen LogP contribution in [0.5, 0.6) is 0 Å². The number of carbonyl (C=O) groups excluding carboxylic acids is 2. The maximum Gasteiger partial charge on any atom is 0.236 e. The molecule has 0 aliphatic carbocycles. The van der Waals surface area contributed by atoms with Gasteiger partial charge in [-0.2, -0.15) is 0 Å². The second-order valence-corrected chi connectivity index (χ2v) is 6.95. The Bertz CT molecular complexity index is 653. The van der Waals surface area contributed by atoms with Gasteiger partial charge in [0.1, 0.15) is 0 Å². The standard InChI is InChI=1S/C15H17N3O2S2/c1-10-3-5-12(6-4-10)17-13(19)8-21-9-14(20)18-15-16-7-11(2)22-15/h3-7H,8-9H2,1-2H3,(H,17,19)(H,16,18,20). The number of benzene rings is 1. The highest BCUT2D eigenvalue weighted by Gasteiger charge is 2.08. The average Bonchev–Trinajstić information content (AvgIpc) is 2.86. The van der Waals surface area contributed by atoms with E-state index in [0.29, 0.717) is 5.13 Å². The van der Waals surface area contributed by atoms with Gasteiger partial charge in [-0.3, -0.25) is 9.59 Å². The lowest BCUT2D eigenvalue weighted by molar-refractivity contribution is -0.114. The molecule has 2 rings (SSSR count). The highest BCUT2D eigenvalue weighted by Crippen LogP contribution is 2.16. The molecule has 0 fully saturated rings. The van der Waals surface area contributed by atoms with Gasteiger partial charge < -0.3 is 10.6 Å². The van der Waals surface area contributed by atoms with Gasteiger partial charge in [-0.25, -0.2) is 4.98 Å². The maximum absolute atomic E-state index is 11.8. The van der Waals surface area contributed by atoms with E-state index in [1.807, 2.05) is 38.1 Å². The number of anilines is 2. The first-order valence-corrected chi connectivity index (χ1v) is 8.66. The zero-order valence-electron chi connectivity index (χ0n) is 12.4. The van der Waals surface area contributed by atoms with Crippen molar-refractivity contribution in [3.05, 3.63) is 40.9 Å². The molecule has 22 heavy (non-hydrogen) atoms. The normalized spacial score (nSPS) is 10.3. The summed E-state index contributed by atoms with van der Waals surface area (Å²) in [5, 5.41) is 6.09. The summed E-state index contributed by atoms with van der Waals surface area (Å²) in [6.07, 6.45) is 1.71. The van der Waals surface area contributed by atoms with Crippen LogP contribution >= 0.6 is 23.1 Å². The zero-order valence-corrected chi connectivity index (χ0v) is 14.0.